The number of hydrogen-bond donors (Lipinski definition) is 0. The molecule has 120 valence electrons. The van der Waals surface area contributed by atoms with Crippen LogP contribution >= 0.6 is 0 Å². The van der Waals surface area contributed by atoms with Gasteiger partial charge in [-0.25, -0.2) is 0 Å². The average Bonchev–Trinajstić information content (AvgIpc) is 3.16. The Morgan fingerprint density at radius 3 is 2.96 bits per heavy atom. The third kappa shape index (κ3) is 1.89. The van der Waals surface area contributed by atoms with Crippen molar-refractivity contribution >= 4 is 17.6 Å². The van der Waals surface area contributed by atoms with E-state index in [4.69, 9.17) is 9.47 Å². The first-order valence-electron chi connectivity index (χ1n) is 7.98. The number of hydrogen-bond acceptors (Lipinski definition) is 4. The van der Waals surface area contributed by atoms with Crippen molar-refractivity contribution in [3.05, 3.63) is 42.0 Å². The molecule has 2 bridgehead atoms. The van der Waals surface area contributed by atoms with Crippen molar-refractivity contribution in [1.82, 2.24) is 0 Å². The Bertz CT molecular complexity index is 713. The molecule has 3 aliphatic heterocycles. The van der Waals surface area contributed by atoms with Crippen molar-refractivity contribution in [3.63, 3.8) is 0 Å². The van der Waals surface area contributed by atoms with Gasteiger partial charge in [0.25, 0.3) is 0 Å². The monoisotopic (exact) mass is 313 g/mol. The van der Waals surface area contributed by atoms with E-state index in [2.05, 4.69) is 0 Å². The van der Waals surface area contributed by atoms with Crippen molar-refractivity contribution in [3.8, 4) is 0 Å². The summed E-state index contributed by atoms with van der Waals surface area (Å²) in [6, 6.07) is 7.77. The first-order chi connectivity index (χ1) is 11.1. The van der Waals surface area contributed by atoms with Gasteiger partial charge in [-0.05, 0) is 25.5 Å². The quantitative estimate of drug-likeness (QED) is 0.631. The van der Waals surface area contributed by atoms with E-state index >= 15 is 0 Å². The number of carbonyl (C=O) groups excluding carboxylic acids is 2. The second-order valence-corrected chi connectivity index (χ2v) is 6.36. The number of aryl methyl sites for hydroxylation is 1. The molecule has 23 heavy (non-hydrogen) atoms. The molecule has 5 heteroatoms. The summed E-state index contributed by atoms with van der Waals surface area (Å²) >= 11 is 0. The summed E-state index contributed by atoms with van der Waals surface area (Å²) in [7, 11) is 0. The Balaban J connectivity index is 1.71. The van der Waals surface area contributed by atoms with Crippen molar-refractivity contribution in [2.45, 2.75) is 25.6 Å². The minimum absolute atomic E-state index is 0.0517. The summed E-state index contributed by atoms with van der Waals surface area (Å²) in [6.45, 7) is 4.50. The van der Waals surface area contributed by atoms with Crippen LogP contribution in [0.5, 0.6) is 0 Å². The van der Waals surface area contributed by atoms with Gasteiger partial charge in [0, 0.05) is 5.69 Å². The average molecular weight is 313 g/mol. The molecule has 0 aliphatic carbocycles. The van der Waals surface area contributed by atoms with Crippen LogP contribution in [-0.2, 0) is 19.1 Å². The van der Waals surface area contributed by atoms with Gasteiger partial charge in [0.2, 0.25) is 5.91 Å². The zero-order chi connectivity index (χ0) is 16.2. The van der Waals surface area contributed by atoms with E-state index in [1.165, 1.54) is 0 Å². The summed E-state index contributed by atoms with van der Waals surface area (Å²) in [5.74, 6) is -1.42. The fraction of sp³-hybridized carbons (Fsp3) is 0.444. The van der Waals surface area contributed by atoms with Crippen molar-refractivity contribution < 1.29 is 19.1 Å². The Kier molecular flexibility index (Phi) is 3.10. The second kappa shape index (κ2) is 4.93. The van der Waals surface area contributed by atoms with Crippen LogP contribution in [0, 0.1) is 18.8 Å². The molecule has 0 unspecified atom stereocenters. The normalized spacial score (nSPS) is 34.1. The van der Waals surface area contributed by atoms with E-state index in [-0.39, 0.29) is 18.0 Å². The summed E-state index contributed by atoms with van der Waals surface area (Å²) in [5, 5.41) is 0. The first kappa shape index (κ1) is 14.5. The minimum Gasteiger partial charge on any atom is -0.466 e. The Morgan fingerprint density at radius 1 is 1.43 bits per heavy atom. The maximum absolute atomic E-state index is 13.0. The summed E-state index contributed by atoms with van der Waals surface area (Å²) in [4.78, 5) is 27.1. The van der Waals surface area contributed by atoms with E-state index in [0.29, 0.717) is 13.2 Å². The molecule has 2 saturated heterocycles. The van der Waals surface area contributed by atoms with Gasteiger partial charge in [0.05, 0.1) is 25.2 Å². The number of para-hydroxylation sites is 1. The van der Waals surface area contributed by atoms with Gasteiger partial charge in [-0.2, -0.15) is 0 Å². The van der Waals surface area contributed by atoms with Crippen molar-refractivity contribution in [1.29, 1.82) is 0 Å². The van der Waals surface area contributed by atoms with Gasteiger partial charge >= 0.3 is 5.97 Å². The Labute approximate surface area is 134 Å². The van der Waals surface area contributed by atoms with Gasteiger partial charge in [-0.1, -0.05) is 30.4 Å². The number of esters is 1. The maximum atomic E-state index is 13.0. The molecule has 4 rings (SSSR count). The smallest absolute Gasteiger partial charge is 0.312 e. The molecular weight excluding hydrogens is 294 g/mol. The number of nitrogens with zero attached hydrogens (tertiary/aromatic N) is 1. The number of benzene rings is 1. The number of rotatable bonds is 3. The third-order valence-corrected chi connectivity index (χ3v) is 5.07. The predicted octanol–water partition coefficient (Wildman–Crippen LogP) is 1.84. The van der Waals surface area contributed by atoms with E-state index < -0.39 is 17.4 Å². The van der Waals surface area contributed by atoms with Gasteiger partial charge in [0.15, 0.2) is 0 Å². The van der Waals surface area contributed by atoms with Gasteiger partial charge in [0.1, 0.15) is 11.5 Å². The zero-order valence-electron chi connectivity index (χ0n) is 13.2. The van der Waals surface area contributed by atoms with Crippen LogP contribution < -0.4 is 4.90 Å². The maximum Gasteiger partial charge on any atom is 0.312 e. The highest BCUT2D eigenvalue weighted by Gasteiger charge is 2.67. The molecule has 1 aromatic rings. The molecular formula is C18H19NO4. The molecule has 1 aromatic carbocycles. The summed E-state index contributed by atoms with van der Waals surface area (Å²) in [6.07, 6.45) is 3.50. The van der Waals surface area contributed by atoms with Crippen LogP contribution in [0.15, 0.2) is 36.4 Å². The zero-order valence-corrected chi connectivity index (χ0v) is 13.2. The van der Waals surface area contributed by atoms with Crippen LogP contribution in [0.1, 0.15) is 12.5 Å². The first-order valence-corrected chi connectivity index (χ1v) is 7.98. The topological polar surface area (TPSA) is 55.8 Å². The van der Waals surface area contributed by atoms with Crippen LogP contribution in [-0.4, -0.2) is 36.7 Å². The third-order valence-electron chi connectivity index (χ3n) is 5.07. The lowest BCUT2D eigenvalue weighted by Gasteiger charge is -2.22. The van der Waals surface area contributed by atoms with Crippen LogP contribution in [0.25, 0.3) is 0 Å². The number of fused-ring (bicyclic) bond motifs is 1. The molecule has 5 nitrogen and oxygen atoms in total. The van der Waals surface area contributed by atoms with Crippen molar-refractivity contribution in [2.75, 3.05) is 18.1 Å². The number of ether oxygens (including phenoxy) is 2. The fourth-order valence-corrected chi connectivity index (χ4v) is 4.08. The number of carbonyl (C=O) groups is 2. The second-order valence-electron chi connectivity index (χ2n) is 6.36. The molecule has 3 aliphatic rings. The van der Waals surface area contributed by atoms with Crippen LogP contribution in [0.2, 0.25) is 0 Å². The summed E-state index contributed by atoms with van der Waals surface area (Å²) in [5.41, 5.74) is 1.22. The molecule has 1 spiro atoms. The SMILES string of the molecule is CCOC(=O)[C@@H]1[C@H]2C(=O)N(c3ccccc3C)C[C@]23C=C[C@H]1O3. The molecule has 2 fully saturated rings. The molecule has 0 N–H and O–H groups in total. The van der Waals surface area contributed by atoms with Gasteiger partial charge < -0.3 is 14.4 Å². The highest BCUT2D eigenvalue weighted by Crippen LogP contribution is 2.53. The van der Waals surface area contributed by atoms with Gasteiger partial charge in [-0.15, -0.1) is 0 Å². The lowest BCUT2D eigenvalue weighted by Crippen LogP contribution is -2.40. The molecule has 1 amide bonds. The van der Waals surface area contributed by atoms with E-state index in [1.807, 2.05) is 43.3 Å². The lowest BCUT2D eigenvalue weighted by molar-refractivity contribution is -0.151. The Hall–Kier alpha value is -2.14. The van der Waals surface area contributed by atoms with E-state index in [1.54, 1.807) is 11.8 Å². The van der Waals surface area contributed by atoms with Crippen molar-refractivity contribution in [2.24, 2.45) is 11.8 Å². The number of anilines is 1. The lowest BCUT2D eigenvalue weighted by atomic mass is 9.77. The molecule has 0 aromatic heterocycles. The number of amides is 1. The molecule has 0 radical (unpaired) electrons. The van der Waals surface area contributed by atoms with Crippen LogP contribution in [0.4, 0.5) is 5.69 Å². The van der Waals surface area contributed by atoms with Crippen LogP contribution in [0.3, 0.4) is 0 Å². The van der Waals surface area contributed by atoms with Gasteiger partial charge in [-0.3, -0.25) is 9.59 Å². The minimum atomic E-state index is -0.693. The molecule has 4 atom stereocenters. The highest BCUT2D eigenvalue weighted by atomic mass is 16.6. The molecule has 0 saturated carbocycles. The standard InChI is InChI=1S/C18H19NO4/c1-3-22-17(21)14-13-8-9-18(23-13)10-19(16(20)15(14)18)12-7-5-4-6-11(12)2/h4-9,13-15H,3,10H2,1-2H3/t13-,14+,15+,18-/m1/s1. The largest absolute Gasteiger partial charge is 0.466 e. The fourth-order valence-electron chi connectivity index (χ4n) is 4.08. The predicted molar refractivity (Wildman–Crippen MR) is 83.9 cm³/mol. The highest BCUT2D eigenvalue weighted by molar-refractivity contribution is 6.03. The van der Waals surface area contributed by atoms with E-state index in [0.717, 1.165) is 11.3 Å². The molecule has 3 heterocycles. The van der Waals surface area contributed by atoms with E-state index in [9.17, 15) is 9.59 Å². The Morgan fingerprint density at radius 2 is 2.22 bits per heavy atom. The summed E-state index contributed by atoms with van der Waals surface area (Å²) < 4.78 is 11.2.